The third kappa shape index (κ3) is 4.14. The maximum absolute atomic E-state index is 3.66. The predicted octanol–water partition coefficient (Wildman–Crippen LogP) is 3.98. The highest BCUT2D eigenvalue weighted by atomic mass is 14.9. The fourth-order valence-electron chi connectivity index (χ4n) is 3.00. The van der Waals surface area contributed by atoms with Crippen LogP contribution in [0.5, 0.6) is 0 Å². The highest BCUT2D eigenvalue weighted by Gasteiger charge is 2.27. The van der Waals surface area contributed by atoms with Gasteiger partial charge >= 0.3 is 0 Å². The quantitative estimate of drug-likeness (QED) is 0.694. The van der Waals surface area contributed by atoms with Crippen LogP contribution in [0.15, 0.2) is 0 Å². The average Bonchev–Trinajstić information content (AvgIpc) is 2.36. The van der Waals surface area contributed by atoms with Gasteiger partial charge in [0, 0.05) is 6.04 Å². The molecule has 1 saturated carbocycles. The molecule has 0 aromatic rings. The summed E-state index contributed by atoms with van der Waals surface area (Å²) < 4.78 is 0. The van der Waals surface area contributed by atoms with E-state index in [2.05, 4.69) is 33.0 Å². The van der Waals surface area contributed by atoms with Gasteiger partial charge in [0.25, 0.3) is 0 Å². The molecule has 2 unspecified atom stereocenters. The smallest absolute Gasteiger partial charge is 0.00925 e. The minimum Gasteiger partial charge on any atom is -0.314 e. The number of hydrogen-bond donors (Lipinski definition) is 1. The van der Waals surface area contributed by atoms with E-state index in [1.807, 2.05) is 0 Å². The predicted molar refractivity (Wildman–Crippen MR) is 68.1 cm³/mol. The van der Waals surface area contributed by atoms with E-state index in [-0.39, 0.29) is 0 Å². The maximum atomic E-state index is 3.66. The van der Waals surface area contributed by atoms with Crippen LogP contribution in [0.3, 0.4) is 0 Å². The molecule has 15 heavy (non-hydrogen) atoms. The number of hydrogen-bond acceptors (Lipinski definition) is 1. The monoisotopic (exact) mass is 211 g/mol. The van der Waals surface area contributed by atoms with E-state index in [0.717, 1.165) is 18.5 Å². The molecule has 1 rings (SSSR count). The van der Waals surface area contributed by atoms with E-state index in [4.69, 9.17) is 0 Å². The zero-order valence-electron chi connectivity index (χ0n) is 11.1. The van der Waals surface area contributed by atoms with Gasteiger partial charge in [-0.05, 0) is 50.0 Å². The molecule has 1 aliphatic carbocycles. The molecule has 0 amide bonds. The van der Waals surface area contributed by atoms with Crippen molar-refractivity contribution in [3.05, 3.63) is 0 Å². The Kier molecular flexibility index (Phi) is 5.11. The van der Waals surface area contributed by atoms with Gasteiger partial charge < -0.3 is 5.32 Å². The summed E-state index contributed by atoms with van der Waals surface area (Å²) in [6.07, 6.45) is 8.43. The summed E-state index contributed by atoms with van der Waals surface area (Å²) >= 11 is 0. The van der Waals surface area contributed by atoms with Gasteiger partial charge in [-0.3, -0.25) is 0 Å². The fraction of sp³-hybridized carbons (Fsp3) is 1.00. The Morgan fingerprint density at radius 1 is 1.20 bits per heavy atom. The first-order chi connectivity index (χ1) is 7.09. The molecule has 90 valence electrons. The SMILES string of the molecule is CCNC(CC)C1CCCC(C)(C)CC1. The van der Waals surface area contributed by atoms with Crippen molar-refractivity contribution in [3.63, 3.8) is 0 Å². The van der Waals surface area contributed by atoms with Gasteiger partial charge in [-0.25, -0.2) is 0 Å². The number of nitrogens with one attached hydrogen (secondary N) is 1. The Labute approximate surface area is 96.0 Å². The molecule has 0 saturated heterocycles. The molecule has 0 aromatic heterocycles. The van der Waals surface area contributed by atoms with E-state index in [0.29, 0.717) is 5.41 Å². The Morgan fingerprint density at radius 2 is 1.93 bits per heavy atom. The van der Waals surface area contributed by atoms with Crippen LogP contribution in [0.2, 0.25) is 0 Å². The first-order valence-corrected chi connectivity index (χ1v) is 6.82. The second-order valence-corrected chi connectivity index (χ2v) is 5.93. The third-order valence-electron chi connectivity index (χ3n) is 4.10. The average molecular weight is 211 g/mol. The maximum Gasteiger partial charge on any atom is 0.00925 e. The summed E-state index contributed by atoms with van der Waals surface area (Å²) in [7, 11) is 0. The van der Waals surface area contributed by atoms with Gasteiger partial charge in [0.1, 0.15) is 0 Å². The van der Waals surface area contributed by atoms with Crippen LogP contribution in [-0.4, -0.2) is 12.6 Å². The van der Waals surface area contributed by atoms with Crippen molar-refractivity contribution in [1.82, 2.24) is 5.32 Å². The Morgan fingerprint density at radius 3 is 2.53 bits per heavy atom. The fourth-order valence-corrected chi connectivity index (χ4v) is 3.00. The van der Waals surface area contributed by atoms with Crippen LogP contribution in [0.1, 0.15) is 66.2 Å². The summed E-state index contributed by atoms with van der Waals surface area (Å²) in [6, 6.07) is 0.768. The zero-order chi connectivity index (χ0) is 11.3. The van der Waals surface area contributed by atoms with Crippen molar-refractivity contribution in [1.29, 1.82) is 0 Å². The zero-order valence-corrected chi connectivity index (χ0v) is 11.1. The van der Waals surface area contributed by atoms with Crippen molar-refractivity contribution in [3.8, 4) is 0 Å². The molecule has 1 nitrogen and oxygen atoms in total. The Hall–Kier alpha value is -0.0400. The van der Waals surface area contributed by atoms with Crippen molar-refractivity contribution in [2.24, 2.45) is 11.3 Å². The molecule has 0 aliphatic heterocycles. The number of rotatable bonds is 4. The van der Waals surface area contributed by atoms with E-state index in [1.54, 1.807) is 0 Å². The third-order valence-corrected chi connectivity index (χ3v) is 4.10. The van der Waals surface area contributed by atoms with Crippen molar-refractivity contribution in [2.45, 2.75) is 72.3 Å². The molecular formula is C14H29N. The highest BCUT2D eigenvalue weighted by molar-refractivity contribution is 4.82. The molecule has 0 heterocycles. The molecule has 0 bridgehead atoms. The summed E-state index contributed by atoms with van der Waals surface area (Å²) in [5, 5.41) is 3.66. The molecule has 0 radical (unpaired) electrons. The lowest BCUT2D eigenvalue weighted by molar-refractivity contribution is 0.284. The molecule has 2 atom stereocenters. The van der Waals surface area contributed by atoms with Crippen LogP contribution in [0.4, 0.5) is 0 Å². The summed E-state index contributed by atoms with van der Waals surface area (Å²) in [5.41, 5.74) is 0.596. The first kappa shape index (κ1) is 13.0. The van der Waals surface area contributed by atoms with Gasteiger partial charge in [-0.2, -0.15) is 0 Å². The second-order valence-electron chi connectivity index (χ2n) is 5.93. The molecule has 1 heteroatoms. The van der Waals surface area contributed by atoms with Gasteiger partial charge in [0.15, 0.2) is 0 Å². The summed E-state index contributed by atoms with van der Waals surface area (Å²) in [4.78, 5) is 0. The van der Waals surface area contributed by atoms with Crippen molar-refractivity contribution >= 4 is 0 Å². The molecular weight excluding hydrogens is 182 g/mol. The van der Waals surface area contributed by atoms with Crippen LogP contribution in [0, 0.1) is 11.3 Å². The van der Waals surface area contributed by atoms with Crippen molar-refractivity contribution < 1.29 is 0 Å². The van der Waals surface area contributed by atoms with Crippen LogP contribution >= 0.6 is 0 Å². The summed E-state index contributed by atoms with van der Waals surface area (Å²) in [6.45, 7) is 10.5. The van der Waals surface area contributed by atoms with Crippen LogP contribution in [-0.2, 0) is 0 Å². The van der Waals surface area contributed by atoms with Gasteiger partial charge in [-0.15, -0.1) is 0 Å². The molecule has 1 fully saturated rings. The Bertz CT molecular complexity index is 174. The minimum absolute atomic E-state index is 0.596. The van der Waals surface area contributed by atoms with E-state index < -0.39 is 0 Å². The van der Waals surface area contributed by atoms with E-state index in [1.165, 1.54) is 38.5 Å². The van der Waals surface area contributed by atoms with Crippen molar-refractivity contribution in [2.75, 3.05) is 6.54 Å². The molecule has 0 spiro atoms. The lowest BCUT2D eigenvalue weighted by atomic mass is 9.84. The molecule has 1 N–H and O–H groups in total. The van der Waals surface area contributed by atoms with E-state index in [9.17, 15) is 0 Å². The first-order valence-electron chi connectivity index (χ1n) is 6.82. The lowest BCUT2D eigenvalue weighted by Crippen LogP contribution is -2.35. The minimum atomic E-state index is 0.596. The molecule has 0 aromatic carbocycles. The standard InChI is InChI=1S/C14H29N/c1-5-13(15-6-2)12-8-7-10-14(3,4)11-9-12/h12-13,15H,5-11H2,1-4H3. The van der Waals surface area contributed by atoms with Gasteiger partial charge in [-0.1, -0.05) is 34.1 Å². The van der Waals surface area contributed by atoms with Gasteiger partial charge in [0.05, 0.1) is 0 Å². The van der Waals surface area contributed by atoms with Gasteiger partial charge in [0.2, 0.25) is 0 Å². The topological polar surface area (TPSA) is 12.0 Å². The molecule has 1 aliphatic rings. The van der Waals surface area contributed by atoms with Crippen LogP contribution in [0.25, 0.3) is 0 Å². The normalized spacial score (nSPS) is 28.4. The van der Waals surface area contributed by atoms with Crippen LogP contribution < -0.4 is 5.32 Å². The largest absolute Gasteiger partial charge is 0.314 e. The van der Waals surface area contributed by atoms with E-state index >= 15 is 0 Å². The lowest BCUT2D eigenvalue weighted by Gasteiger charge is -2.27. The second kappa shape index (κ2) is 5.89. The highest BCUT2D eigenvalue weighted by Crippen LogP contribution is 2.37. The summed E-state index contributed by atoms with van der Waals surface area (Å²) in [5.74, 6) is 0.928. The Balaban J connectivity index is 2.48.